The Morgan fingerprint density at radius 3 is 2.59 bits per heavy atom. The standard InChI is InChI=1S/C23H23NO4S/c1-15(25)24-20-14-18(22(26)28-4)9-8-17(20)7-5-16-6-10-21-19(13-16)23(2,3)11-12-29(21)27/h6,8-10,13-14H,11-12H2,1-4H3,(H,24,25). The molecule has 0 radical (unpaired) electrons. The summed E-state index contributed by atoms with van der Waals surface area (Å²) >= 11 is 0. The molecule has 1 unspecified atom stereocenters. The molecule has 150 valence electrons. The summed E-state index contributed by atoms with van der Waals surface area (Å²) in [6.07, 6.45) is 0.866. The Morgan fingerprint density at radius 2 is 1.90 bits per heavy atom. The van der Waals surface area contributed by atoms with Crippen molar-refractivity contribution in [1.82, 2.24) is 0 Å². The van der Waals surface area contributed by atoms with Gasteiger partial charge in [-0.3, -0.25) is 9.00 Å². The number of esters is 1. The molecule has 0 spiro atoms. The van der Waals surface area contributed by atoms with E-state index >= 15 is 0 Å². The number of hydrogen-bond acceptors (Lipinski definition) is 4. The summed E-state index contributed by atoms with van der Waals surface area (Å²) in [6.45, 7) is 5.70. The van der Waals surface area contributed by atoms with Gasteiger partial charge in [-0.15, -0.1) is 0 Å². The number of amides is 1. The Kier molecular flexibility index (Phi) is 5.90. The number of benzene rings is 2. The molecule has 3 rings (SSSR count). The second kappa shape index (κ2) is 8.22. The van der Waals surface area contributed by atoms with Gasteiger partial charge in [0.1, 0.15) is 0 Å². The topological polar surface area (TPSA) is 72.5 Å². The maximum absolute atomic E-state index is 12.3. The molecule has 0 saturated carbocycles. The van der Waals surface area contributed by atoms with E-state index in [1.54, 1.807) is 18.2 Å². The maximum Gasteiger partial charge on any atom is 0.337 e. The van der Waals surface area contributed by atoms with Crippen molar-refractivity contribution < 1.29 is 18.5 Å². The fourth-order valence-corrected chi connectivity index (χ4v) is 4.97. The molecule has 6 heteroatoms. The van der Waals surface area contributed by atoms with E-state index in [1.165, 1.54) is 14.0 Å². The van der Waals surface area contributed by atoms with Crippen LogP contribution >= 0.6 is 0 Å². The van der Waals surface area contributed by atoms with E-state index in [0.717, 1.165) is 22.4 Å². The number of hydrogen-bond donors (Lipinski definition) is 1. The van der Waals surface area contributed by atoms with Crippen molar-refractivity contribution in [3.63, 3.8) is 0 Å². The molecule has 1 atom stereocenters. The van der Waals surface area contributed by atoms with Crippen molar-refractivity contribution in [2.45, 2.75) is 37.5 Å². The predicted octanol–water partition coefficient (Wildman–Crippen LogP) is 3.62. The van der Waals surface area contributed by atoms with E-state index < -0.39 is 16.8 Å². The SMILES string of the molecule is COC(=O)c1ccc(C#Cc2ccc3c(c2)C(C)(C)CCS3=O)c(NC(C)=O)c1. The average molecular weight is 410 g/mol. The average Bonchev–Trinajstić information content (AvgIpc) is 2.69. The molecule has 1 N–H and O–H groups in total. The van der Waals surface area contributed by atoms with Gasteiger partial charge < -0.3 is 10.1 Å². The highest BCUT2D eigenvalue weighted by Crippen LogP contribution is 2.37. The second-order valence-corrected chi connectivity index (χ2v) is 9.12. The molecule has 2 aromatic carbocycles. The Balaban J connectivity index is 2.00. The summed E-state index contributed by atoms with van der Waals surface area (Å²) < 4.78 is 17.1. The van der Waals surface area contributed by atoms with Crippen LogP contribution in [0.3, 0.4) is 0 Å². The Bertz CT molecular complexity index is 1080. The van der Waals surface area contributed by atoms with Gasteiger partial charge in [0.25, 0.3) is 0 Å². The van der Waals surface area contributed by atoms with Gasteiger partial charge in [0, 0.05) is 28.7 Å². The molecule has 2 aromatic rings. The highest BCUT2D eigenvalue weighted by atomic mass is 32.2. The Morgan fingerprint density at radius 1 is 1.14 bits per heavy atom. The zero-order valence-corrected chi connectivity index (χ0v) is 17.7. The molecular formula is C23H23NO4S. The van der Waals surface area contributed by atoms with Crippen molar-refractivity contribution in [2.24, 2.45) is 0 Å². The van der Waals surface area contributed by atoms with E-state index in [-0.39, 0.29) is 11.3 Å². The molecule has 0 fully saturated rings. The van der Waals surface area contributed by atoms with Gasteiger partial charge in [0.2, 0.25) is 5.91 Å². The number of rotatable bonds is 2. The van der Waals surface area contributed by atoms with Crippen LogP contribution < -0.4 is 5.32 Å². The van der Waals surface area contributed by atoms with Crippen LogP contribution in [0.2, 0.25) is 0 Å². The fraction of sp³-hybridized carbons (Fsp3) is 0.304. The molecule has 29 heavy (non-hydrogen) atoms. The van der Waals surface area contributed by atoms with Crippen molar-refractivity contribution in [3.05, 3.63) is 58.7 Å². The normalized spacial score (nSPS) is 16.8. The van der Waals surface area contributed by atoms with Crippen LogP contribution in [-0.2, 0) is 25.7 Å². The summed E-state index contributed by atoms with van der Waals surface area (Å²) in [5, 5.41) is 2.71. The summed E-state index contributed by atoms with van der Waals surface area (Å²) in [6, 6.07) is 10.6. The molecule has 1 amide bonds. The summed E-state index contributed by atoms with van der Waals surface area (Å²) in [5.74, 6) is 6.13. The van der Waals surface area contributed by atoms with E-state index in [0.29, 0.717) is 22.6 Å². The second-order valence-electron chi connectivity index (χ2n) is 7.58. The zero-order valence-electron chi connectivity index (χ0n) is 16.9. The number of ether oxygens (including phenoxy) is 1. The van der Waals surface area contributed by atoms with Gasteiger partial charge in [0.15, 0.2) is 0 Å². The number of methoxy groups -OCH3 is 1. The Hall–Kier alpha value is -2.91. The number of carbonyl (C=O) groups is 2. The third-order valence-electron chi connectivity index (χ3n) is 4.96. The monoisotopic (exact) mass is 409 g/mol. The number of anilines is 1. The lowest BCUT2D eigenvalue weighted by atomic mass is 9.81. The maximum atomic E-state index is 12.3. The van der Waals surface area contributed by atoms with Gasteiger partial charge in [-0.2, -0.15) is 0 Å². The van der Waals surface area contributed by atoms with Crippen molar-refractivity contribution in [3.8, 4) is 11.8 Å². The smallest absolute Gasteiger partial charge is 0.337 e. The number of fused-ring (bicyclic) bond motifs is 1. The first kappa shape index (κ1) is 20.8. The first-order chi connectivity index (χ1) is 13.7. The van der Waals surface area contributed by atoms with Crippen LogP contribution in [0.25, 0.3) is 0 Å². The minimum atomic E-state index is -0.968. The van der Waals surface area contributed by atoms with Gasteiger partial charge in [-0.05, 0) is 53.8 Å². The van der Waals surface area contributed by atoms with Gasteiger partial charge in [-0.1, -0.05) is 25.7 Å². The van der Waals surface area contributed by atoms with Gasteiger partial charge >= 0.3 is 5.97 Å². The van der Waals surface area contributed by atoms with Crippen LogP contribution in [0.5, 0.6) is 0 Å². The van der Waals surface area contributed by atoms with Crippen LogP contribution in [0, 0.1) is 11.8 Å². The molecular weight excluding hydrogens is 386 g/mol. The zero-order chi connectivity index (χ0) is 21.2. The van der Waals surface area contributed by atoms with Crippen molar-refractivity contribution >= 4 is 28.4 Å². The minimum absolute atomic E-state index is 0.0511. The molecule has 0 aliphatic carbocycles. The lowest BCUT2D eigenvalue weighted by Gasteiger charge is -2.31. The molecule has 0 aromatic heterocycles. The Labute approximate surface area is 173 Å². The predicted molar refractivity (Wildman–Crippen MR) is 113 cm³/mol. The molecule has 0 saturated heterocycles. The van der Waals surface area contributed by atoms with Crippen LogP contribution in [0.1, 0.15) is 54.2 Å². The van der Waals surface area contributed by atoms with Crippen LogP contribution in [0.4, 0.5) is 5.69 Å². The summed E-state index contributed by atoms with van der Waals surface area (Å²) in [5.41, 5.74) is 3.20. The molecule has 5 nitrogen and oxygen atoms in total. The van der Waals surface area contributed by atoms with E-state index in [4.69, 9.17) is 4.74 Å². The van der Waals surface area contributed by atoms with Crippen molar-refractivity contribution in [1.29, 1.82) is 0 Å². The lowest BCUT2D eigenvalue weighted by molar-refractivity contribution is -0.114. The minimum Gasteiger partial charge on any atom is -0.465 e. The highest BCUT2D eigenvalue weighted by molar-refractivity contribution is 7.85. The largest absolute Gasteiger partial charge is 0.465 e. The summed E-state index contributed by atoms with van der Waals surface area (Å²) in [7, 11) is 0.336. The van der Waals surface area contributed by atoms with Crippen LogP contribution in [0.15, 0.2) is 41.3 Å². The third kappa shape index (κ3) is 4.57. The third-order valence-corrected chi connectivity index (χ3v) is 6.38. The quantitative estimate of drug-likeness (QED) is 0.607. The van der Waals surface area contributed by atoms with Crippen LogP contribution in [-0.4, -0.2) is 28.9 Å². The number of carbonyl (C=O) groups excluding carboxylic acids is 2. The van der Waals surface area contributed by atoms with E-state index in [9.17, 15) is 13.8 Å². The van der Waals surface area contributed by atoms with E-state index in [1.807, 2.05) is 18.2 Å². The highest BCUT2D eigenvalue weighted by Gasteiger charge is 2.31. The number of nitrogens with one attached hydrogen (secondary N) is 1. The first-order valence-corrected chi connectivity index (χ1v) is 10.6. The molecule has 1 aliphatic rings. The summed E-state index contributed by atoms with van der Waals surface area (Å²) in [4.78, 5) is 24.2. The lowest BCUT2D eigenvalue weighted by Crippen LogP contribution is -2.27. The van der Waals surface area contributed by atoms with E-state index in [2.05, 4.69) is 31.0 Å². The molecule has 1 aliphatic heterocycles. The molecule has 1 heterocycles. The van der Waals surface area contributed by atoms with Gasteiger partial charge in [0.05, 0.1) is 29.2 Å². The van der Waals surface area contributed by atoms with Gasteiger partial charge in [-0.25, -0.2) is 4.79 Å². The first-order valence-electron chi connectivity index (χ1n) is 9.26. The fourth-order valence-electron chi connectivity index (χ4n) is 3.26. The molecule has 0 bridgehead atoms. The van der Waals surface area contributed by atoms with Crippen molar-refractivity contribution in [2.75, 3.05) is 18.2 Å².